The molecule has 0 spiro atoms. The minimum absolute atomic E-state index is 1.07. The molecule has 102 valence electrons. The Hall–Kier alpha value is -1.80. The Morgan fingerprint density at radius 2 is 1.75 bits per heavy atom. The van der Waals surface area contributed by atoms with E-state index >= 15 is 0 Å². The lowest BCUT2D eigenvalue weighted by atomic mass is 9.97. The fourth-order valence-corrected chi connectivity index (χ4v) is 3.49. The third-order valence-electron chi connectivity index (χ3n) is 4.49. The Morgan fingerprint density at radius 3 is 2.55 bits per heavy atom. The highest BCUT2D eigenvalue weighted by atomic mass is 15.1. The van der Waals surface area contributed by atoms with Crippen LogP contribution in [0.1, 0.15) is 28.7 Å². The molecule has 0 atom stereocenters. The van der Waals surface area contributed by atoms with Gasteiger partial charge >= 0.3 is 0 Å². The van der Waals surface area contributed by atoms with Crippen molar-refractivity contribution in [1.82, 2.24) is 4.90 Å². The fourth-order valence-electron chi connectivity index (χ4n) is 3.49. The summed E-state index contributed by atoms with van der Waals surface area (Å²) in [6.07, 6.45) is 2.48. The minimum atomic E-state index is 1.07. The van der Waals surface area contributed by atoms with Gasteiger partial charge < -0.3 is 5.32 Å². The van der Waals surface area contributed by atoms with Crippen LogP contribution >= 0.6 is 0 Å². The van der Waals surface area contributed by atoms with Gasteiger partial charge in [0.05, 0.1) is 0 Å². The molecule has 4 rings (SSSR count). The van der Waals surface area contributed by atoms with E-state index in [4.69, 9.17) is 0 Å². The SMILES string of the molecule is c1ccc2c(c1)CN(Cc1cccc3c1CCCN3)C2. The van der Waals surface area contributed by atoms with Crippen LogP contribution in [0.5, 0.6) is 0 Å². The molecule has 0 aromatic heterocycles. The number of anilines is 1. The van der Waals surface area contributed by atoms with Gasteiger partial charge in [-0.15, -0.1) is 0 Å². The summed E-state index contributed by atoms with van der Waals surface area (Å²) in [6.45, 7) is 4.37. The number of rotatable bonds is 2. The van der Waals surface area contributed by atoms with E-state index < -0.39 is 0 Å². The Kier molecular flexibility index (Phi) is 2.96. The van der Waals surface area contributed by atoms with E-state index in [1.165, 1.54) is 40.8 Å². The van der Waals surface area contributed by atoms with Gasteiger partial charge in [-0.05, 0) is 41.2 Å². The predicted octanol–water partition coefficient (Wildman–Crippen LogP) is 3.56. The molecule has 2 heterocycles. The maximum atomic E-state index is 3.53. The molecule has 0 fully saturated rings. The topological polar surface area (TPSA) is 15.3 Å². The maximum Gasteiger partial charge on any atom is 0.0375 e. The van der Waals surface area contributed by atoms with Crippen LogP contribution in [0.25, 0.3) is 0 Å². The van der Waals surface area contributed by atoms with Crippen LogP contribution in [0.15, 0.2) is 42.5 Å². The van der Waals surface area contributed by atoms with Crippen LogP contribution < -0.4 is 5.32 Å². The van der Waals surface area contributed by atoms with Crippen molar-refractivity contribution in [2.45, 2.75) is 32.5 Å². The summed E-state index contributed by atoms with van der Waals surface area (Å²) in [5.74, 6) is 0. The first-order chi connectivity index (χ1) is 9.90. The molecule has 20 heavy (non-hydrogen) atoms. The van der Waals surface area contributed by atoms with Crippen molar-refractivity contribution < 1.29 is 0 Å². The van der Waals surface area contributed by atoms with Crippen LogP contribution in [0, 0.1) is 0 Å². The quantitative estimate of drug-likeness (QED) is 0.892. The summed E-state index contributed by atoms with van der Waals surface area (Å²) in [5, 5.41) is 3.53. The second-order valence-corrected chi connectivity index (χ2v) is 5.89. The first-order valence-electron chi connectivity index (χ1n) is 7.54. The lowest BCUT2D eigenvalue weighted by Gasteiger charge is -2.23. The van der Waals surface area contributed by atoms with Gasteiger partial charge in [0.1, 0.15) is 0 Å². The summed E-state index contributed by atoms with van der Waals surface area (Å²) in [6, 6.07) is 15.5. The molecule has 1 N–H and O–H groups in total. The second kappa shape index (κ2) is 4.95. The number of benzene rings is 2. The molecule has 0 radical (unpaired) electrons. The van der Waals surface area contributed by atoms with E-state index in [-0.39, 0.29) is 0 Å². The van der Waals surface area contributed by atoms with E-state index in [0.29, 0.717) is 0 Å². The Balaban J connectivity index is 1.56. The highest BCUT2D eigenvalue weighted by molar-refractivity contribution is 5.56. The van der Waals surface area contributed by atoms with Crippen molar-refractivity contribution in [3.05, 3.63) is 64.7 Å². The predicted molar refractivity (Wildman–Crippen MR) is 82.6 cm³/mol. The van der Waals surface area contributed by atoms with Gasteiger partial charge in [-0.2, -0.15) is 0 Å². The monoisotopic (exact) mass is 264 g/mol. The molecule has 2 aliphatic heterocycles. The zero-order valence-corrected chi connectivity index (χ0v) is 11.7. The van der Waals surface area contributed by atoms with E-state index in [1.807, 2.05) is 0 Å². The third kappa shape index (κ3) is 2.10. The maximum absolute atomic E-state index is 3.53. The summed E-state index contributed by atoms with van der Waals surface area (Å²) in [4.78, 5) is 2.55. The molecule has 0 saturated carbocycles. The smallest absolute Gasteiger partial charge is 0.0375 e. The summed E-state index contributed by atoms with van der Waals surface area (Å²) < 4.78 is 0. The molecule has 2 aromatic carbocycles. The van der Waals surface area contributed by atoms with Crippen LogP contribution in [0.2, 0.25) is 0 Å². The normalized spacial score (nSPS) is 17.4. The molecule has 0 unspecified atom stereocenters. The summed E-state index contributed by atoms with van der Waals surface area (Å²) >= 11 is 0. The number of hydrogen-bond donors (Lipinski definition) is 1. The van der Waals surface area contributed by atoms with Crippen molar-refractivity contribution in [3.63, 3.8) is 0 Å². The first kappa shape index (κ1) is 12.0. The van der Waals surface area contributed by atoms with Crippen molar-refractivity contribution in [3.8, 4) is 0 Å². The number of nitrogens with one attached hydrogen (secondary N) is 1. The van der Waals surface area contributed by atoms with Gasteiger partial charge in [-0.25, -0.2) is 0 Å². The molecule has 0 amide bonds. The van der Waals surface area contributed by atoms with E-state index in [9.17, 15) is 0 Å². The molecule has 2 aromatic rings. The van der Waals surface area contributed by atoms with Gasteiger partial charge in [0.15, 0.2) is 0 Å². The summed E-state index contributed by atoms with van der Waals surface area (Å²) in [7, 11) is 0. The Labute approximate surface area is 120 Å². The van der Waals surface area contributed by atoms with Crippen LogP contribution in [0.3, 0.4) is 0 Å². The molecule has 0 aliphatic carbocycles. The van der Waals surface area contributed by atoms with Crippen molar-refractivity contribution >= 4 is 5.69 Å². The average molecular weight is 264 g/mol. The van der Waals surface area contributed by atoms with Crippen molar-refractivity contribution in [2.75, 3.05) is 11.9 Å². The van der Waals surface area contributed by atoms with Gasteiger partial charge in [-0.1, -0.05) is 36.4 Å². The number of hydrogen-bond acceptors (Lipinski definition) is 2. The van der Waals surface area contributed by atoms with Crippen molar-refractivity contribution in [1.29, 1.82) is 0 Å². The van der Waals surface area contributed by atoms with Gasteiger partial charge in [0.2, 0.25) is 0 Å². The van der Waals surface area contributed by atoms with Crippen molar-refractivity contribution in [2.24, 2.45) is 0 Å². The molecular formula is C18H20N2. The van der Waals surface area contributed by atoms with E-state index in [1.54, 1.807) is 0 Å². The molecule has 2 aliphatic rings. The standard InChI is InChI=1S/C18H20N2/c1-2-6-15-12-20(11-14(15)5-1)13-16-7-3-9-18-17(16)8-4-10-19-18/h1-3,5-7,9,19H,4,8,10-13H2. The van der Waals surface area contributed by atoms with Gasteiger partial charge in [0.25, 0.3) is 0 Å². The molecule has 0 saturated heterocycles. The highest BCUT2D eigenvalue weighted by Crippen LogP contribution is 2.29. The number of nitrogens with zero attached hydrogens (tertiary/aromatic N) is 1. The van der Waals surface area contributed by atoms with Crippen LogP contribution in [-0.4, -0.2) is 11.4 Å². The van der Waals surface area contributed by atoms with Crippen LogP contribution in [0.4, 0.5) is 5.69 Å². The first-order valence-corrected chi connectivity index (χ1v) is 7.54. The Morgan fingerprint density at radius 1 is 0.950 bits per heavy atom. The molecule has 0 bridgehead atoms. The van der Waals surface area contributed by atoms with E-state index in [2.05, 4.69) is 52.7 Å². The highest BCUT2D eigenvalue weighted by Gasteiger charge is 2.20. The number of fused-ring (bicyclic) bond motifs is 2. The summed E-state index contributed by atoms with van der Waals surface area (Å²) in [5.41, 5.74) is 7.38. The average Bonchev–Trinajstić information content (AvgIpc) is 2.90. The molecular weight excluding hydrogens is 244 g/mol. The second-order valence-electron chi connectivity index (χ2n) is 5.89. The molecule has 2 heteroatoms. The van der Waals surface area contributed by atoms with E-state index in [0.717, 1.165) is 26.2 Å². The lowest BCUT2D eigenvalue weighted by Crippen LogP contribution is -2.19. The van der Waals surface area contributed by atoms with Gasteiger partial charge in [0, 0.05) is 31.9 Å². The molecule has 2 nitrogen and oxygen atoms in total. The minimum Gasteiger partial charge on any atom is -0.385 e. The lowest BCUT2D eigenvalue weighted by molar-refractivity contribution is 0.274. The largest absolute Gasteiger partial charge is 0.385 e. The van der Waals surface area contributed by atoms with Gasteiger partial charge in [-0.3, -0.25) is 4.90 Å². The zero-order chi connectivity index (χ0) is 13.4. The fraction of sp³-hybridized carbons (Fsp3) is 0.333. The third-order valence-corrected chi connectivity index (χ3v) is 4.49. The van der Waals surface area contributed by atoms with Crippen LogP contribution in [-0.2, 0) is 26.1 Å². The zero-order valence-electron chi connectivity index (χ0n) is 11.7. The Bertz CT molecular complexity index is 608.